The van der Waals surface area contributed by atoms with Gasteiger partial charge in [-0.15, -0.1) is 0 Å². The zero-order chi connectivity index (χ0) is 34.1. The summed E-state index contributed by atoms with van der Waals surface area (Å²) in [7, 11) is 1.29. The zero-order valence-corrected chi connectivity index (χ0v) is 27.3. The Hall–Kier alpha value is -3.67. The van der Waals surface area contributed by atoms with Gasteiger partial charge in [0, 0.05) is 29.3 Å². The highest BCUT2D eigenvalue weighted by atomic mass is 35.5. The lowest BCUT2D eigenvalue weighted by atomic mass is 9.73. The molecule has 5 rings (SSSR count). The molecule has 0 saturated carbocycles. The largest absolute Gasteiger partial charge is 0.481 e. The number of methoxy groups -OCH3 is 1. The van der Waals surface area contributed by atoms with Crippen LogP contribution in [0.25, 0.3) is 11.1 Å². The first-order chi connectivity index (χ1) is 22.2. The Bertz CT molecular complexity index is 1590. The zero-order valence-electron chi connectivity index (χ0n) is 26.6. The van der Waals surface area contributed by atoms with Crippen molar-refractivity contribution in [3.8, 4) is 17.0 Å². The van der Waals surface area contributed by atoms with E-state index in [4.69, 9.17) is 25.8 Å². The molecule has 0 bridgehead atoms. The number of rotatable bonds is 8. The van der Waals surface area contributed by atoms with Crippen molar-refractivity contribution in [2.45, 2.75) is 77.1 Å². The molecule has 2 saturated heterocycles. The maximum atomic E-state index is 14.4. The third-order valence-electron chi connectivity index (χ3n) is 8.88. The van der Waals surface area contributed by atoms with Gasteiger partial charge in [0.25, 0.3) is 5.91 Å². The molecule has 1 amide bonds. The summed E-state index contributed by atoms with van der Waals surface area (Å²) in [6.07, 6.45) is -3.82. The molecule has 5 atom stereocenters. The lowest BCUT2D eigenvalue weighted by molar-refractivity contribution is -0.159. The molecule has 0 spiro atoms. The molecule has 8 nitrogen and oxygen atoms in total. The van der Waals surface area contributed by atoms with Crippen LogP contribution in [0.3, 0.4) is 0 Å². The van der Waals surface area contributed by atoms with E-state index in [0.29, 0.717) is 29.8 Å². The van der Waals surface area contributed by atoms with E-state index in [1.165, 1.54) is 12.0 Å². The number of ether oxygens (including phenoxy) is 3. The van der Waals surface area contributed by atoms with Crippen LogP contribution in [0.4, 0.5) is 13.2 Å². The van der Waals surface area contributed by atoms with Gasteiger partial charge < -0.3 is 24.2 Å². The van der Waals surface area contributed by atoms with Crippen LogP contribution < -0.4 is 4.74 Å². The van der Waals surface area contributed by atoms with E-state index in [2.05, 4.69) is 4.98 Å². The Kier molecular flexibility index (Phi) is 10.2. The third kappa shape index (κ3) is 7.27. The molecule has 0 aliphatic carbocycles. The molecule has 3 aromatic rings. The number of carbonyl (C=O) groups is 2. The minimum Gasteiger partial charge on any atom is -0.481 e. The van der Waals surface area contributed by atoms with E-state index < -0.39 is 59.2 Å². The molecule has 2 fully saturated rings. The molecular formula is C35H38ClF3N2O6. The molecule has 0 unspecified atom stereocenters. The van der Waals surface area contributed by atoms with Gasteiger partial charge in [-0.3, -0.25) is 4.79 Å². The van der Waals surface area contributed by atoms with Gasteiger partial charge in [0.15, 0.2) is 0 Å². The highest BCUT2D eigenvalue weighted by Gasteiger charge is 2.60. The van der Waals surface area contributed by atoms with Crippen molar-refractivity contribution < 1.29 is 42.1 Å². The molecule has 2 aliphatic heterocycles. The van der Waals surface area contributed by atoms with Gasteiger partial charge in [-0.1, -0.05) is 68.8 Å². The number of halogens is 4. The average Bonchev–Trinajstić information content (AvgIpc) is 3.39. The number of aliphatic carboxylic acids is 1. The van der Waals surface area contributed by atoms with Crippen LogP contribution in [0.15, 0.2) is 60.8 Å². The lowest BCUT2D eigenvalue weighted by Gasteiger charge is -2.35. The normalized spacial score (nSPS) is 23.5. The standard InChI is InChI=1S/C35H38ClF3N2O6/c1-34(2,3)27-29(33(43)44)41(32(42)26-11-7-8-16-46-26)28(25-10-6-5-9-24(25)20-12-14-23(36)15-13-20)30(27)47-19-21-17-22(35(37,38)39)18-40-31(21)45-4/h5-6,9-10,12-15,17-18,26-30H,7-8,11,16,19H2,1-4H3,(H,43,44)/t26-,27+,28-,29-,30-/m0/s1. The van der Waals surface area contributed by atoms with Gasteiger partial charge in [-0.2, -0.15) is 13.2 Å². The number of hydrogen-bond acceptors (Lipinski definition) is 6. The fourth-order valence-electron chi connectivity index (χ4n) is 6.79. The number of likely N-dealkylation sites (tertiary alicyclic amines) is 1. The van der Waals surface area contributed by atoms with E-state index in [0.717, 1.165) is 30.0 Å². The maximum Gasteiger partial charge on any atom is 0.417 e. The summed E-state index contributed by atoms with van der Waals surface area (Å²) in [5, 5.41) is 11.3. The van der Waals surface area contributed by atoms with Crippen molar-refractivity contribution >= 4 is 23.5 Å². The number of carboxylic acid groups (broad SMARTS) is 1. The van der Waals surface area contributed by atoms with Crippen molar-refractivity contribution in [2.24, 2.45) is 11.3 Å². The fraction of sp³-hybridized carbons (Fsp3) is 0.457. The first-order valence-electron chi connectivity index (χ1n) is 15.5. The van der Waals surface area contributed by atoms with Gasteiger partial charge in [-0.05, 0) is 59.6 Å². The Morgan fingerprint density at radius 3 is 2.38 bits per heavy atom. The van der Waals surface area contributed by atoms with Crippen molar-refractivity contribution in [3.05, 3.63) is 82.5 Å². The smallest absolute Gasteiger partial charge is 0.417 e. The fourth-order valence-corrected chi connectivity index (χ4v) is 6.92. The van der Waals surface area contributed by atoms with Crippen molar-refractivity contribution in [2.75, 3.05) is 13.7 Å². The Morgan fingerprint density at radius 1 is 1.09 bits per heavy atom. The first kappa shape index (κ1) is 34.7. The highest BCUT2D eigenvalue weighted by molar-refractivity contribution is 6.30. The number of amides is 1. The lowest BCUT2D eigenvalue weighted by Crippen LogP contribution is -2.51. The molecule has 1 aromatic heterocycles. The number of carboxylic acids is 1. The number of pyridine rings is 1. The second kappa shape index (κ2) is 13.8. The number of alkyl halides is 3. The van der Waals surface area contributed by atoms with Gasteiger partial charge >= 0.3 is 12.1 Å². The summed E-state index contributed by atoms with van der Waals surface area (Å²) >= 11 is 6.19. The van der Waals surface area contributed by atoms with Crippen LogP contribution >= 0.6 is 11.6 Å². The Morgan fingerprint density at radius 2 is 1.79 bits per heavy atom. The number of hydrogen-bond donors (Lipinski definition) is 1. The van der Waals surface area contributed by atoms with E-state index >= 15 is 0 Å². The predicted octanol–water partition coefficient (Wildman–Crippen LogP) is 7.58. The molecule has 252 valence electrons. The Balaban J connectivity index is 1.69. The number of benzene rings is 2. The maximum absolute atomic E-state index is 14.4. The summed E-state index contributed by atoms with van der Waals surface area (Å²) in [5.74, 6) is -2.53. The van der Waals surface area contributed by atoms with E-state index in [-0.39, 0.29) is 18.1 Å². The molecule has 12 heteroatoms. The highest BCUT2D eigenvalue weighted by Crippen LogP contribution is 2.52. The van der Waals surface area contributed by atoms with Crippen LogP contribution in [0.1, 0.15) is 62.8 Å². The van der Waals surface area contributed by atoms with Crippen LogP contribution in [0, 0.1) is 11.3 Å². The van der Waals surface area contributed by atoms with Crippen molar-refractivity contribution in [1.82, 2.24) is 9.88 Å². The van der Waals surface area contributed by atoms with Gasteiger partial charge in [0.2, 0.25) is 5.88 Å². The minimum atomic E-state index is -4.66. The predicted molar refractivity (Wildman–Crippen MR) is 169 cm³/mol. The monoisotopic (exact) mass is 674 g/mol. The number of carbonyl (C=O) groups excluding carboxylic acids is 1. The Labute approximate surface area is 276 Å². The molecule has 0 radical (unpaired) electrons. The van der Waals surface area contributed by atoms with Crippen LogP contribution in [-0.2, 0) is 31.8 Å². The average molecular weight is 675 g/mol. The van der Waals surface area contributed by atoms with Crippen molar-refractivity contribution in [3.63, 3.8) is 0 Å². The van der Waals surface area contributed by atoms with E-state index in [9.17, 15) is 27.9 Å². The molecule has 2 aromatic carbocycles. The molecule has 1 N–H and O–H groups in total. The van der Waals surface area contributed by atoms with Crippen molar-refractivity contribution in [1.29, 1.82) is 0 Å². The molecule has 3 heterocycles. The number of aromatic nitrogens is 1. The van der Waals surface area contributed by atoms with Gasteiger partial charge in [0.1, 0.15) is 12.1 Å². The first-order valence-corrected chi connectivity index (χ1v) is 15.8. The molecular weight excluding hydrogens is 637 g/mol. The summed E-state index contributed by atoms with van der Waals surface area (Å²) in [4.78, 5) is 32.9. The molecule has 47 heavy (non-hydrogen) atoms. The second-order valence-corrected chi connectivity index (χ2v) is 13.4. The minimum absolute atomic E-state index is 0.0342. The summed E-state index contributed by atoms with van der Waals surface area (Å²) in [5.41, 5.74) is 0.444. The van der Waals surface area contributed by atoms with Crippen LogP contribution in [-0.4, -0.2) is 58.8 Å². The summed E-state index contributed by atoms with van der Waals surface area (Å²) < 4.78 is 58.8. The van der Waals surface area contributed by atoms with E-state index in [1.54, 1.807) is 18.2 Å². The van der Waals surface area contributed by atoms with Gasteiger partial charge in [0.05, 0.1) is 31.4 Å². The third-order valence-corrected chi connectivity index (χ3v) is 9.13. The second-order valence-electron chi connectivity index (χ2n) is 13.0. The summed E-state index contributed by atoms with van der Waals surface area (Å²) in [6.45, 7) is 5.58. The van der Waals surface area contributed by atoms with Crippen LogP contribution in [0.5, 0.6) is 5.88 Å². The van der Waals surface area contributed by atoms with Gasteiger partial charge in [-0.25, -0.2) is 9.78 Å². The number of nitrogens with zero attached hydrogens (tertiary/aromatic N) is 2. The van der Waals surface area contributed by atoms with Crippen LogP contribution in [0.2, 0.25) is 5.02 Å². The van der Waals surface area contributed by atoms with E-state index in [1.807, 2.05) is 51.1 Å². The molecule has 2 aliphatic rings. The summed E-state index contributed by atoms with van der Waals surface area (Å²) in [6, 6.07) is 13.1. The SMILES string of the molecule is COc1ncc(C(F)(F)F)cc1CO[C@H]1[C@H](C(C)(C)C)[C@@H](C(=O)O)N(C(=O)[C@@H]2CCCCO2)[C@H]1c1ccccc1-c1ccc(Cl)cc1. The topological polar surface area (TPSA) is 98.2 Å². The quantitative estimate of drug-likeness (QED) is 0.263.